The summed E-state index contributed by atoms with van der Waals surface area (Å²) in [6.45, 7) is -0.0859. The van der Waals surface area contributed by atoms with E-state index in [-0.39, 0.29) is 12.5 Å². The fourth-order valence-electron chi connectivity index (χ4n) is 1.48. The second-order valence-corrected chi connectivity index (χ2v) is 5.92. The number of ether oxygens (including phenoxy) is 1. The van der Waals surface area contributed by atoms with Crippen molar-refractivity contribution in [2.24, 2.45) is 5.10 Å². The molecule has 6 heteroatoms. The van der Waals surface area contributed by atoms with Gasteiger partial charge < -0.3 is 4.74 Å². The molecule has 0 bridgehead atoms. The maximum absolute atomic E-state index is 11.6. The van der Waals surface area contributed by atoms with Crippen molar-refractivity contribution in [2.75, 3.05) is 6.61 Å². The summed E-state index contributed by atoms with van der Waals surface area (Å²) in [6, 6.07) is 14.8. The van der Waals surface area contributed by atoms with Crippen LogP contribution in [0.2, 0.25) is 0 Å². The minimum absolute atomic E-state index is 0.0859. The average molecular weight is 412 g/mol. The number of amides is 1. The number of nitrogens with one attached hydrogen (secondary N) is 1. The Balaban J connectivity index is 1.78. The summed E-state index contributed by atoms with van der Waals surface area (Å²) in [5.74, 6) is 0.313. The van der Waals surface area contributed by atoms with Crippen LogP contribution in [-0.4, -0.2) is 18.7 Å². The quantitative estimate of drug-likeness (QED) is 0.601. The summed E-state index contributed by atoms with van der Waals surface area (Å²) in [7, 11) is 0. The second kappa shape index (κ2) is 7.95. The lowest BCUT2D eigenvalue weighted by Crippen LogP contribution is -2.24. The summed E-state index contributed by atoms with van der Waals surface area (Å²) in [6.07, 6.45) is 1.57. The lowest BCUT2D eigenvalue weighted by atomic mass is 10.2. The standard InChI is InChI=1S/C15H12Br2N2O2/c16-12-4-6-14(7-5-12)21-10-15(20)19-18-9-11-2-1-3-13(17)8-11/h1-9H,10H2,(H,19,20)/b18-9+. The lowest BCUT2D eigenvalue weighted by Gasteiger charge is -2.04. The minimum atomic E-state index is -0.316. The summed E-state index contributed by atoms with van der Waals surface area (Å²) in [5, 5.41) is 3.88. The maximum Gasteiger partial charge on any atom is 0.277 e. The molecule has 2 aromatic carbocycles. The molecule has 21 heavy (non-hydrogen) atoms. The molecular weight excluding hydrogens is 400 g/mol. The zero-order chi connectivity index (χ0) is 15.1. The predicted octanol–water partition coefficient (Wildman–Crippen LogP) is 3.74. The van der Waals surface area contributed by atoms with Gasteiger partial charge in [-0.2, -0.15) is 5.10 Å². The van der Waals surface area contributed by atoms with Crippen molar-refractivity contribution in [2.45, 2.75) is 0 Å². The van der Waals surface area contributed by atoms with Crippen LogP contribution in [0.15, 0.2) is 62.6 Å². The largest absolute Gasteiger partial charge is 0.484 e. The van der Waals surface area contributed by atoms with E-state index < -0.39 is 0 Å². The summed E-state index contributed by atoms with van der Waals surface area (Å²) < 4.78 is 7.24. The van der Waals surface area contributed by atoms with Crippen molar-refractivity contribution in [1.82, 2.24) is 5.43 Å². The van der Waals surface area contributed by atoms with Gasteiger partial charge in [0.2, 0.25) is 0 Å². The van der Waals surface area contributed by atoms with Gasteiger partial charge in [0.1, 0.15) is 5.75 Å². The molecule has 4 nitrogen and oxygen atoms in total. The van der Waals surface area contributed by atoms with Crippen LogP contribution >= 0.6 is 31.9 Å². The molecule has 0 atom stereocenters. The molecule has 0 radical (unpaired) electrons. The van der Waals surface area contributed by atoms with E-state index in [0.29, 0.717) is 5.75 Å². The number of halogens is 2. The number of benzene rings is 2. The molecule has 0 aliphatic carbocycles. The first kappa shape index (κ1) is 15.7. The Hall–Kier alpha value is -1.66. The normalized spacial score (nSPS) is 10.6. The third kappa shape index (κ3) is 5.69. The zero-order valence-corrected chi connectivity index (χ0v) is 14.1. The minimum Gasteiger partial charge on any atom is -0.484 e. The van der Waals surface area contributed by atoms with Crippen LogP contribution in [0, 0.1) is 0 Å². The van der Waals surface area contributed by atoms with Crippen molar-refractivity contribution < 1.29 is 9.53 Å². The zero-order valence-electron chi connectivity index (χ0n) is 10.9. The van der Waals surface area contributed by atoms with E-state index in [1.165, 1.54) is 0 Å². The van der Waals surface area contributed by atoms with E-state index in [0.717, 1.165) is 14.5 Å². The molecule has 0 unspecified atom stereocenters. The number of hydrazone groups is 1. The Bertz CT molecular complexity index is 642. The Kier molecular flexibility index (Phi) is 5.95. The molecule has 1 amide bonds. The molecule has 108 valence electrons. The molecule has 0 saturated heterocycles. The van der Waals surface area contributed by atoms with E-state index in [1.807, 2.05) is 36.4 Å². The van der Waals surface area contributed by atoms with Gasteiger partial charge in [0, 0.05) is 8.95 Å². The van der Waals surface area contributed by atoms with Crippen molar-refractivity contribution in [1.29, 1.82) is 0 Å². The third-order valence-electron chi connectivity index (χ3n) is 2.44. The van der Waals surface area contributed by atoms with Gasteiger partial charge in [0.15, 0.2) is 6.61 Å². The van der Waals surface area contributed by atoms with Gasteiger partial charge >= 0.3 is 0 Å². The van der Waals surface area contributed by atoms with Crippen molar-refractivity contribution in [3.05, 3.63) is 63.0 Å². The predicted molar refractivity (Wildman–Crippen MR) is 89.5 cm³/mol. The van der Waals surface area contributed by atoms with Gasteiger partial charge in [0.05, 0.1) is 6.21 Å². The molecule has 0 heterocycles. The molecular formula is C15H12Br2N2O2. The number of hydrogen-bond acceptors (Lipinski definition) is 3. The van der Waals surface area contributed by atoms with E-state index >= 15 is 0 Å². The van der Waals surface area contributed by atoms with Crippen LogP contribution in [0.1, 0.15) is 5.56 Å². The Labute approximate surface area is 139 Å². The van der Waals surface area contributed by atoms with E-state index in [9.17, 15) is 4.79 Å². The number of carbonyl (C=O) groups excluding carboxylic acids is 1. The van der Waals surface area contributed by atoms with Gasteiger partial charge in [-0.3, -0.25) is 4.79 Å². The Morgan fingerprint density at radius 2 is 1.90 bits per heavy atom. The number of rotatable bonds is 5. The molecule has 0 fully saturated rings. The van der Waals surface area contributed by atoms with Crippen LogP contribution < -0.4 is 10.2 Å². The summed E-state index contributed by atoms with van der Waals surface area (Å²) in [5.41, 5.74) is 3.30. The van der Waals surface area contributed by atoms with Crippen LogP contribution in [0.25, 0.3) is 0 Å². The smallest absolute Gasteiger partial charge is 0.277 e. The van der Waals surface area contributed by atoms with Crippen molar-refractivity contribution in [3.8, 4) is 5.75 Å². The van der Waals surface area contributed by atoms with Crippen LogP contribution in [0.4, 0.5) is 0 Å². The first-order chi connectivity index (χ1) is 10.1. The van der Waals surface area contributed by atoms with Gasteiger partial charge in [-0.1, -0.05) is 44.0 Å². The molecule has 0 aliphatic heterocycles. The second-order valence-electron chi connectivity index (χ2n) is 4.09. The lowest BCUT2D eigenvalue weighted by molar-refractivity contribution is -0.123. The van der Waals surface area contributed by atoms with E-state index in [1.54, 1.807) is 18.3 Å². The van der Waals surface area contributed by atoms with E-state index in [4.69, 9.17) is 4.74 Å². The van der Waals surface area contributed by atoms with Gasteiger partial charge in [-0.25, -0.2) is 5.43 Å². The summed E-state index contributed by atoms with van der Waals surface area (Å²) in [4.78, 5) is 11.6. The average Bonchev–Trinajstić information content (AvgIpc) is 2.47. The number of nitrogens with zero attached hydrogens (tertiary/aromatic N) is 1. The fraction of sp³-hybridized carbons (Fsp3) is 0.0667. The Morgan fingerprint density at radius 1 is 1.14 bits per heavy atom. The molecule has 0 aliphatic rings. The molecule has 1 N–H and O–H groups in total. The molecule has 0 spiro atoms. The Morgan fingerprint density at radius 3 is 2.62 bits per heavy atom. The van der Waals surface area contributed by atoms with Gasteiger partial charge in [-0.05, 0) is 42.0 Å². The van der Waals surface area contributed by atoms with Crippen molar-refractivity contribution in [3.63, 3.8) is 0 Å². The van der Waals surface area contributed by atoms with E-state index in [2.05, 4.69) is 42.4 Å². The number of hydrogen-bond donors (Lipinski definition) is 1. The summed E-state index contributed by atoms with van der Waals surface area (Å²) >= 11 is 6.70. The fourth-order valence-corrected chi connectivity index (χ4v) is 2.16. The van der Waals surface area contributed by atoms with Crippen LogP contribution in [-0.2, 0) is 4.79 Å². The van der Waals surface area contributed by atoms with Gasteiger partial charge in [-0.15, -0.1) is 0 Å². The topological polar surface area (TPSA) is 50.7 Å². The SMILES string of the molecule is O=C(COc1ccc(Br)cc1)N/N=C/c1cccc(Br)c1. The molecule has 0 saturated carbocycles. The molecule has 0 aromatic heterocycles. The maximum atomic E-state index is 11.6. The highest BCUT2D eigenvalue weighted by Crippen LogP contribution is 2.15. The highest BCUT2D eigenvalue weighted by molar-refractivity contribution is 9.10. The number of carbonyl (C=O) groups is 1. The monoisotopic (exact) mass is 410 g/mol. The first-order valence-corrected chi connectivity index (χ1v) is 7.68. The molecule has 2 rings (SSSR count). The van der Waals surface area contributed by atoms with Crippen LogP contribution in [0.3, 0.4) is 0 Å². The van der Waals surface area contributed by atoms with Crippen molar-refractivity contribution >= 4 is 44.0 Å². The highest BCUT2D eigenvalue weighted by atomic mass is 79.9. The van der Waals surface area contributed by atoms with Crippen LogP contribution in [0.5, 0.6) is 5.75 Å². The van der Waals surface area contributed by atoms with Gasteiger partial charge in [0.25, 0.3) is 5.91 Å². The third-order valence-corrected chi connectivity index (χ3v) is 3.46. The molecule has 2 aromatic rings. The highest BCUT2D eigenvalue weighted by Gasteiger charge is 2.01. The first-order valence-electron chi connectivity index (χ1n) is 6.09.